The summed E-state index contributed by atoms with van der Waals surface area (Å²) in [6.45, 7) is 5.89. The van der Waals surface area contributed by atoms with Gasteiger partial charge in [-0.25, -0.2) is 4.98 Å². The van der Waals surface area contributed by atoms with E-state index in [1.54, 1.807) is 0 Å². The topological polar surface area (TPSA) is 116 Å². The van der Waals surface area contributed by atoms with E-state index >= 15 is 0 Å². The predicted octanol–water partition coefficient (Wildman–Crippen LogP) is 3.06. The first kappa shape index (κ1) is 18.3. The number of aromatic nitrogens is 1. The zero-order chi connectivity index (χ0) is 18.6. The van der Waals surface area contributed by atoms with Crippen LogP contribution in [0.4, 0.5) is 11.5 Å². The van der Waals surface area contributed by atoms with Gasteiger partial charge in [0.25, 0.3) is 0 Å². The van der Waals surface area contributed by atoms with Gasteiger partial charge in [-0.15, -0.1) is 0 Å². The molecule has 0 fully saturated rings. The van der Waals surface area contributed by atoms with Crippen LogP contribution in [0.5, 0.6) is 0 Å². The largest absolute Gasteiger partial charge is 0.383 e. The number of hydrogen-bond acceptors (Lipinski definition) is 6. The second-order valence-corrected chi connectivity index (χ2v) is 6.57. The van der Waals surface area contributed by atoms with Crippen molar-refractivity contribution in [2.45, 2.75) is 25.8 Å². The number of anilines is 2. The van der Waals surface area contributed by atoms with E-state index in [4.69, 9.17) is 11.0 Å². The van der Waals surface area contributed by atoms with Crippen molar-refractivity contribution in [1.29, 1.82) is 10.5 Å². The van der Waals surface area contributed by atoms with Crippen molar-refractivity contribution in [3.05, 3.63) is 46.0 Å². The van der Waals surface area contributed by atoms with Gasteiger partial charge < -0.3 is 11.1 Å². The number of aryl methyl sites for hydroxylation is 3. The predicted molar refractivity (Wildman–Crippen MR) is 98.1 cm³/mol. The standard InChI is InChI=1S/C18H17N5OS/c1-10-4-11(2)16(12(3)5-10)22-15(24)9-25-18-14(8-20)6-13(7-19)17(21)23-18/h4-6H,9H2,1-3H3,(H2,21,23)(H,22,24). The van der Waals surface area contributed by atoms with E-state index in [2.05, 4.69) is 10.3 Å². The van der Waals surface area contributed by atoms with Crippen LogP contribution < -0.4 is 11.1 Å². The molecule has 25 heavy (non-hydrogen) atoms. The highest BCUT2D eigenvalue weighted by Gasteiger charge is 2.13. The maximum Gasteiger partial charge on any atom is 0.234 e. The molecule has 2 aromatic rings. The molecule has 0 spiro atoms. The molecule has 6 nitrogen and oxygen atoms in total. The molecule has 126 valence electrons. The van der Waals surface area contributed by atoms with Crippen molar-refractivity contribution in [2.75, 3.05) is 16.8 Å². The molecular weight excluding hydrogens is 334 g/mol. The summed E-state index contributed by atoms with van der Waals surface area (Å²) >= 11 is 1.11. The van der Waals surface area contributed by atoms with E-state index in [1.807, 2.05) is 45.0 Å². The van der Waals surface area contributed by atoms with Crippen molar-refractivity contribution in [2.24, 2.45) is 0 Å². The number of pyridine rings is 1. The molecule has 0 radical (unpaired) electrons. The lowest BCUT2D eigenvalue weighted by Gasteiger charge is -2.13. The molecule has 0 aliphatic heterocycles. The highest BCUT2D eigenvalue weighted by atomic mass is 32.2. The third-order valence-electron chi connectivity index (χ3n) is 3.54. The lowest BCUT2D eigenvalue weighted by molar-refractivity contribution is -0.113. The highest BCUT2D eigenvalue weighted by Crippen LogP contribution is 2.25. The van der Waals surface area contributed by atoms with Crippen LogP contribution in [-0.2, 0) is 4.79 Å². The second-order valence-electron chi connectivity index (χ2n) is 5.61. The summed E-state index contributed by atoms with van der Waals surface area (Å²) in [6, 6.07) is 9.26. The van der Waals surface area contributed by atoms with Gasteiger partial charge in [0, 0.05) is 5.69 Å². The Balaban J connectivity index is 2.13. The number of nitrogens with one attached hydrogen (secondary N) is 1. The number of nitrogens with two attached hydrogens (primary N) is 1. The lowest BCUT2D eigenvalue weighted by Crippen LogP contribution is -2.16. The van der Waals surface area contributed by atoms with Gasteiger partial charge in [-0.05, 0) is 38.0 Å². The number of benzene rings is 1. The maximum absolute atomic E-state index is 12.3. The smallest absolute Gasteiger partial charge is 0.234 e. The molecule has 0 unspecified atom stereocenters. The fourth-order valence-electron chi connectivity index (χ4n) is 2.48. The fourth-order valence-corrected chi connectivity index (χ4v) is 3.24. The Bertz CT molecular complexity index is 901. The molecule has 0 atom stereocenters. The second kappa shape index (κ2) is 7.69. The van der Waals surface area contributed by atoms with Gasteiger partial charge in [-0.3, -0.25) is 4.79 Å². The first-order valence-electron chi connectivity index (χ1n) is 7.47. The number of hydrogen-bond donors (Lipinski definition) is 2. The van der Waals surface area contributed by atoms with Crippen LogP contribution in [-0.4, -0.2) is 16.6 Å². The van der Waals surface area contributed by atoms with Crippen molar-refractivity contribution in [1.82, 2.24) is 4.98 Å². The molecule has 3 N–H and O–H groups in total. The normalized spacial score (nSPS) is 9.96. The average Bonchev–Trinajstić information content (AvgIpc) is 2.56. The summed E-state index contributed by atoms with van der Waals surface area (Å²) in [4.78, 5) is 16.3. The van der Waals surface area contributed by atoms with Crippen LogP contribution >= 0.6 is 11.8 Å². The van der Waals surface area contributed by atoms with Gasteiger partial charge >= 0.3 is 0 Å². The molecule has 1 heterocycles. The minimum Gasteiger partial charge on any atom is -0.383 e. The molecule has 0 bridgehead atoms. The minimum atomic E-state index is -0.200. The van der Waals surface area contributed by atoms with Crippen LogP contribution in [0.2, 0.25) is 0 Å². The quantitative estimate of drug-likeness (QED) is 0.818. The van der Waals surface area contributed by atoms with Gasteiger partial charge in [-0.1, -0.05) is 29.5 Å². The highest BCUT2D eigenvalue weighted by molar-refractivity contribution is 8.00. The van der Waals surface area contributed by atoms with Gasteiger partial charge in [0.2, 0.25) is 5.91 Å². The summed E-state index contributed by atoms with van der Waals surface area (Å²) in [5.74, 6) is -0.0666. The Morgan fingerprint density at radius 2 is 1.76 bits per heavy atom. The average molecular weight is 351 g/mol. The van der Waals surface area contributed by atoms with E-state index in [-0.39, 0.29) is 28.6 Å². The van der Waals surface area contributed by atoms with Gasteiger partial charge in [0.15, 0.2) is 0 Å². The first-order chi connectivity index (χ1) is 11.8. The van der Waals surface area contributed by atoms with Crippen molar-refractivity contribution < 1.29 is 4.79 Å². The third kappa shape index (κ3) is 4.28. The Morgan fingerprint density at radius 1 is 1.16 bits per heavy atom. The summed E-state index contributed by atoms with van der Waals surface area (Å²) in [6.07, 6.45) is 0. The number of nitriles is 2. The Labute approximate surface area is 150 Å². The fraction of sp³-hybridized carbons (Fsp3) is 0.222. The first-order valence-corrected chi connectivity index (χ1v) is 8.45. The molecule has 1 aromatic carbocycles. The summed E-state index contributed by atoms with van der Waals surface area (Å²) in [5, 5.41) is 21.3. The van der Waals surface area contributed by atoms with Crippen molar-refractivity contribution in [3.63, 3.8) is 0 Å². The third-order valence-corrected chi connectivity index (χ3v) is 4.53. The van der Waals surface area contributed by atoms with Crippen LogP contribution in [0.15, 0.2) is 23.2 Å². The number of nitrogens with zero attached hydrogens (tertiary/aromatic N) is 3. The SMILES string of the molecule is Cc1cc(C)c(NC(=O)CSc2nc(N)c(C#N)cc2C#N)c(C)c1. The Morgan fingerprint density at radius 3 is 2.32 bits per heavy atom. The van der Waals surface area contributed by atoms with Crippen LogP contribution in [0.1, 0.15) is 27.8 Å². The Kier molecular flexibility index (Phi) is 5.63. The van der Waals surface area contributed by atoms with E-state index in [9.17, 15) is 10.1 Å². The lowest BCUT2D eigenvalue weighted by atomic mass is 10.1. The number of thioether (sulfide) groups is 1. The van der Waals surface area contributed by atoms with E-state index in [0.29, 0.717) is 5.03 Å². The van der Waals surface area contributed by atoms with Gasteiger partial charge in [0.05, 0.1) is 16.9 Å². The van der Waals surface area contributed by atoms with E-state index in [0.717, 1.165) is 34.1 Å². The molecule has 0 aliphatic rings. The van der Waals surface area contributed by atoms with E-state index < -0.39 is 0 Å². The number of nitrogen functional groups attached to an aromatic ring is 1. The number of amides is 1. The summed E-state index contributed by atoms with van der Waals surface area (Å²) in [7, 11) is 0. The van der Waals surface area contributed by atoms with Crippen LogP contribution in [0.25, 0.3) is 0 Å². The minimum absolute atomic E-state index is 0.0506. The Hall–Kier alpha value is -3.03. The molecule has 2 rings (SSSR count). The molecule has 7 heteroatoms. The maximum atomic E-state index is 12.3. The number of rotatable bonds is 4. The summed E-state index contributed by atoms with van der Waals surface area (Å²) in [5.41, 5.74) is 9.98. The molecular formula is C18H17N5OS. The molecule has 0 saturated heterocycles. The summed E-state index contributed by atoms with van der Waals surface area (Å²) < 4.78 is 0. The van der Waals surface area contributed by atoms with Crippen LogP contribution in [0, 0.1) is 43.4 Å². The van der Waals surface area contributed by atoms with Crippen molar-refractivity contribution in [3.8, 4) is 12.1 Å². The molecule has 0 saturated carbocycles. The van der Waals surface area contributed by atoms with E-state index in [1.165, 1.54) is 6.07 Å². The molecule has 0 aliphatic carbocycles. The van der Waals surface area contributed by atoms with Crippen molar-refractivity contribution >= 4 is 29.2 Å². The zero-order valence-corrected chi connectivity index (χ0v) is 15.0. The monoisotopic (exact) mass is 351 g/mol. The number of carbonyl (C=O) groups is 1. The van der Waals surface area contributed by atoms with Crippen LogP contribution in [0.3, 0.4) is 0 Å². The number of carbonyl (C=O) groups excluding carboxylic acids is 1. The molecule has 1 amide bonds. The zero-order valence-electron chi connectivity index (χ0n) is 14.2. The molecule has 1 aromatic heterocycles. The van der Waals surface area contributed by atoms with Gasteiger partial charge in [0.1, 0.15) is 23.0 Å². The van der Waals surface area contributed by atoms with Gasteiger partial charge in [-0.2, -0.15) is 10.5 Å².